The summed E-state index contributed by atoms with van der Waals surface area (Å²) >= 11 is 0. The van der Waals surface area contributed by atoms with Crippen LogP contribution in [0.5, 0.6) is 11.5 Å². The molecular weight excluding hydrogens is 404 g/mol. The molecule has 4 rings (SSSR count). The summed E-state index contributed by atoms with van der Waals surface area (Å²) in [5.74, 6) is 0.193. The lowest BCUT2D eigenvalue weighted by atomic mass is 10.0. The molecule has 2 atom stereocenters. The first-order chi connectivity index (χ1) is 15.4. The first-order valence-electron chi connectivity index (χ1n) is 11.0. The predicted octanol–water partition coefficient (Wildman–Crippen LogP) is 5.21. The average molecular weight is 433 g/mol. The third-order valence-electron chi connectivity index (χ3n) is 6.13. The molecule has 1 fully saturated rings. The second-order valence-corrected chi connectivity index (χ2v) is 8.38. The first kappa shape index (κ1) is 21.7. The minimum Gasteiger partial charge on any atom is -0.481 e. The maximum Gasteiger partial charge on any atom is 0.310 e. The number of carbonyl (C=O) groups is 2. The zero-order valence-corrected chi connectivity index (χ0v) is 18.4. The highest BCUT2D eigenvalue weighted by atomic mass is 16.5. The van der Waals surface area contributed by atoms with Crippen LogP contribution in [0.2, 0.25) is 0 Å². The first-order valence-corrected chi connectivity index (χ1v) is 11.0. The van der Waals surface area contributed by atoms with Gasteiger partial charge in [0.2, 0.25) is 5.91 Å². The molecule has 0 aliphatic carbocycles. The third kappa shape index (κ3) is 4.69. The van der Waals surface area contributed by atoms with Crippen molar-refractivity contribution < 1.29 is 19.4 Å². The number of hydrogen-bond donors (Lipinski definition) is 2. The highest BCUT2D eigenvalue weighted by molar-refractivity contribution is 5.79. The molecule has 6 nitrogen and oxygen atoms in total. The highest BCUT2D eigenvalue weighted by Crippen LogP contribution is 2.33. The summed E-state index contributed by atoms with van der Waals surface area (Å²) in [6, 6.07) is 17.3. The lowest BCUT2D eigenvalue weighted by Crippen LogP contribution is -2.32. The van der Waals surface area contributed by atoms with E-state index in [1.54, 1.807) is 13.1 Å². The Balaban J connectivity index is 1.41. The number of aromatic amines is 1. The number of amides is 1. The molecule has 0 spiro atoms. The normalized spacial score (nSPS) is 16.7. The van der Waals surface area contributed by atoms with Crippen molar-refractivity contribution in [3.05, 3.63) is 83.2 Å². The topological polar surface area (TPSA) is 82.6 Å². The van der Waals surface area contributed by atoms with Crippen molar-refractivity contribution in [1.82, 2.24) is 9.88 Å². The summed E-state index contributed by atoms with van der Waals surface area (Å²) in [7, 11) is 0. The molecule has 0 saturated carbocycles. The van der Waals surface area contributed by atoms with Crippen LogP contribution in [0.15, 0.2) is 60.8 Å². The molecule has 166 valence electrons. The number of aliphatic carboxylic acids is 1. The van der Waals surface area contributed by atoms with E-state index in [2.05, 4.69) is 4.98 Å². The van der Waals surface area contributed by atoms with Crippen molar-refractivity contribution in [2.24, 2.45) is 0 Å². The molecule has 6 heteroatoms. The summed E-state index contributed by atoms with van der Waals surface area (Å²) < 4.78 is 5.94. The van der Waals surface area contributed by atoms with Crippen molar-refractivity contribution in [3.8, 4) is 11.5 Å². The number of hydrogen-bond acceptors (Lipinski definition) is 3. The van der Waals surface area contributed by atoms with Crippen LogP contribution in [0.25, 0.3) is 0 Å². The van der Waals surface area contributed by atoms with Gasteiger partial charge in [0.15, 0.2) is 0 Å². The summed E-state index contributed by atoms with van der Waals surface area (Å²) in [5.41, 5.74) is 3.64. The number of carbonyl (C=O) groups excluding carboxylic acids is 1. The number of rotatable bonds is 7. The Morgan fingerprint density at radius 2 is 1.94 bits per heavy atom. The van der Waals surface area contributed by atoms with Crippen molar-refractivity contribution in [1.29, 1.82) is 0 Å². The van der Waals surface area contributed by atoms with Gasteiger partial charge >= 0.3 is 5.97 Å². The maximum atomic E-state index is 13.1. The van der Waals surface area contributed by atoms with Crippen LogP contribution in [-0.2, 0) is 16.0 Å². The number of ether oxygens (including phenoxy) is 1. The van der Waals surface area contributed by atoms with Gasteiger partial charge in [0.25, 0.3) is 0 Å². The van der Waals surface area contributed by atoms with Gasteiger partial charge in [0.1, 0.15) is 11.5 Å². The lowest BCUT2D eigenvalue weighted by Gasteiger charge is -2.24. The van der Waals surface area contributed by atoms with Crippen molar-refractivity contribution >= 4 is 11.9 Å². The van der Waals surface area contributed by atoms with Crippen molar-refractivity contribution in [2.45, 2.75) is 45.1 Å². The van der Waals surface area contributed by atoms with E-state index >= 15 is 0 Å². The Morgan fingerprint density at radius 3 is 2.66 bits per heavy atom. The number of aromatic nitrogens is 1. The average Bonchev–Trinajstić information content (AvgIpc) is 3.45. The number of likely N-dealkylation sites (tertiary alicyclic amines) is 1. The fourth-order valence-electron chi connectivity index (χ4n) is 4.15. The molecule has 0 radical (unpaired) electrons. The van der Waals surface area contributed by atoms with E-state index in [9.17, 15) is 14.7 Å². The molecule has 32 heavy (non-hydrogen) atoms. The van der Waals surface area contributed by atoms with Gasteiger partial charge in [-0.1, -0.05) is 30.3 Å². The molecule has 1 saturated heterocycles. The van der Waals surface area contributed by atoms with Gasteiger partial charge in [-0.3, -0.25) is 9.59 Å². The zero-order chi connectivity index (χ0) is 22.7. The Bertz CT molecular complexity index is 1100. The third-order valence-corrected chi connectivity index (χ3v) is 6.13. The zero-order valence-electron chi connectivity index (χ0n) is 18.4. The van der Waals surface area contributed by atoms with E-state index in [-0.39, 0.29) is 11.9 Å². The van der Waals surface area contributed by atoms with E-state index in [4.69, 9.17) is 4.74 Å². The second kappa shape index (κ2) is 9.30. The van der Waals surface area contributed by atoms with Gasteiger partial charge in [-0.05, 0) is 67.6 Å². The monoisotopic (exact) mass is 432 g/mol. The summed E-state index contributed by atoms with van der Waals surface area (Å²) in [6.45, 7) is 4.38. The molecule has 2 N–H and O–H groups in total. The molecule has 3 aromatic rings. The largest absolute Gasteiger partial charge is 0.481 e. The maximum absolute atomic E-state index is 13.1. The minimum absolute atomic E-state index is 0.0408. The summed E-state index contributed by atoms with van der Waals surface area (Å²) in [6.07, 6.45) is 3.86. The van der Waals surface area contributed by atoms with E-state index in [1.807, 2.05) is 66.4 Å². The van der Waals surface area contributed by atoms with E-state index in [1.165, 1.54) is 0 Å². The van der Waals surface area contributed by atoms with Gasteiger partial charge in [-0.25, -0.2) is 0 Å². The Morgan fingerprint density at radius 1 is 1.19 bits per heavy atom. The Hall–Kier alpha value is -3.54. The predicted molar refractivity (Wildman–Crippen MR) is 122 cm³/mol. The highest BCUT2D eigenvalue weighted by Gasteiger charge is 2.31. The van der Waals surface area contributed by atoms with E-state index in [0.717, 1.165) is 46.7 Å². The quantitative estimate of drug-likeness (QED) is 0.537. The number of aryl methyl sites for hydroxylation is 1. The number of para-hydroxylation sites is 1. The fraction of sp³-hybridized carbons (Fsp3) is 0.308. The number of carboxylic acids is 1. The van der Waals surface area contributed by atoms with Gasteiger partial charge in [-0.2, -0.15) is 0 Å². The Labute approximate surface area is 187 Å². The smallest absolute Gasteiger partial charge is 0.310 e. The van der Waals surface area contributed by atoms with Crippen LogP contribution in [-0.4, -0.2) is 33.4 Å². The Kier molecular flexibility index (Phi) is 6.30. The molecule has 2 heterocycles. The fourth-order valence-corrected chi connectivity index (χ4v) is 4.15. The molecule has 2 unspecified atom stereocenters. The molecule has 1 aliphatic heterocycles. The number of benzene rings is 2. The summed E-state index contributed by atoms with van der Waals surface area (Å²) in [4.78, 5) is 29.4. The molecule has 1 aliphatic rings. The van der Waals surface area contributed by atoms with Crippen LogP contribution in [0.4, 0.5) is 0 Å². The van der Waals surface area contributed by atoms with E-state index in [0.29, 0.717) is 13.0 Å². The van der Waals surface area contributed by atoms with Gasteiger partial charge in [0, 0.05) is 18.4 Å². The minimum atomic E-state index is -0.857. The van der Waals surface area contributed by atoms with Crippen LogP contribution in [0.3, 0.4) is 0 Å². The van der Waals surface area contributed by atoms with Gasteiger partial charge < -0.3 is 19.7 Å². The van der Waals surface area contributed by atoms with Gasteiger partial charge in [0.05, 0.1) is 18.4 Å². The number of H-pyrrole nitrogens is 1. The molecule has 1 amide bonds. The van der Waals surface area contributed by atoms with Crippen LogP contribution >= 0.6 is 0 Å². The van der Waals surface area contributed by atoms with Crippen molar-refractivity contribution in [3.63, 3.8) is 0 Å². The molecule has 0 bridgehead atoms. The van der Waals surface area contributed by atoms with Crippen LogP contribution in [0.1, 0.15) is 54.1 Å². The standard InChI is InChI=1S/C26H28N2O4/c1-17-6-3-4-8-24(17)32-21-11-9-19(10-12-21)14-25(29)28-13-5-7-23(28)22-15-20(16-27-22)18(2)26(30)31/h3-4,6,8-12,15-16,18,23,27H,5,7,13-14H2,1-2H3,(H,30,31). The molecule has 2 aromatic carbocycles. The molecule has 1 aromatic heterocycles. The number of nitrogens with zero attached hydrogens (tertiary/aromatic N) is 1. The number of carboxylic acid groups (broad SMARTS) is 1. The van der Waals surface area contributed by atoms with Crippen molar-refractivity contribution in [2.75, 3.05) is 6.54 Å². The number of nitrogens with one attached hydrogen (secondary N) is 1. The SMILES string of the molecule is Cc1ccccc1Oc1ccc(CC(=O)N2CCCC2c2cc(C(C)C(=O)O)c[nH]2)cc1. The molecular formula is C26H28N2O4. The summed E-state index contributed by atoms with van der Waals surface area (Å²) in [5, 5.41) is 9.24. The van der Waals surface area contributed by atoms with Crippen LogP contribution in [0, 0.1) is 6.92 Å². The van der Waals surface area contributed by atoms with Gasteiger partial charge in [-0.15, -0.1) is 0 Å². The van der Waals surface area contributed by atoms with Crippen LogP contribution < -0.4 is 4.74 Å². The van der Waals surface area contributed by atoms with E-state index < -0.39 is 11.9 Å². The second-order valence-electron chi connectivity index (χ2n) is 8.38. The lowest BCUT2D eigenvalue weighted by molar-refractivity contribution is -0.138.